The van der Waals surface area contributed by atoms with Gasteiger partial charge in [0.25, 0.3) is 39.0 Å². The number of hydrogen-bond acceptors (Lipinski definition) is 25. The zero-order valence-corrected chi connectivity index (χ0v) is 71.1. The molecule has 6 aromatic carbocycles. The molecule has 0 radical (unpaired) electrons. The first-order valence-corrected chi connectivity index (χ1v) is 42.2. The molecule has 12 aromatic rings. The van der Waals surface area contributed by atoms with E-state index >= 15 is 0 Å². The minimum absolute atomic E-state index is 0.0190. The summed E-state index contributed by atoms with van der Waals surface area (Å²) in [5.41, 5.74) is 20.9. The monoisotopic (exact) mass is 1780 g/mol. The number of rotatable bonds is 24. The van der Waals surface area contributed by atoms with Gasteiger partial charge in [-0.1, -0.05) is 167 Å². The third-order valence-electron chi connectivity index (χ3n) is 14.7. The number of methoxy groups -OCH3 is 1. The van der Waals surface area contributed by atoms with Crippen molar-refractivity contribution in [3.8, 4) is 17.9 Å². The van der Waals surface area contributed by atoms with Gasteiger partial charge in [0.05, 0.1) is 35.3 Å². The number of benzene rings is 6. The molecule has 0 aliphatic rings. The zero-order chi connectivity index (χ0) is 83.5. The highest BCUT2D eigenvalue weighted by molar-refractivity contribution is 7.99. The smallest absolute Gasteiger partial charge is 0.269 e. The minimum atomic E-state index is -0.479. The summed E-state index contributed by atoms with van der Waals surface area (Å²) < 4.78 is 5.16. The molecule has 0 saturated heterocycles. The molecule has 6 aromatic heterocycles. The van der Waals surface area contributed by atoms with Gasteiger partial charge >= 0.3 is 0 Å². The Labute approximate surface area is 714 Å². The Balaban J connectivity index is 0.000000191. The molecule has 12 rings (SSSR count). The number of nitrogen functional groups attached to an aromatic ring is 2. The molecule has 0 amide bonds. The van der Waals surface area contributed by atoms with Crippen LogP contribution in [0.25, 0.3) is 0 Å². The fourth-order valence-corrected chi connectivity index (χ4v) is 16.2. The predicted octanol–water partition coefficient (Wildman–Crippen LogP) is 17.6. The summed E-state index contributed by atoms with van der Waals surface area (Å²) in [6, 6.07) is 43.5. The van der Waals surface area contributed by atoms with Crippen molar-refractivity contribution in [2.24, 2.45) is 0 Å². The van der Waals surface area contributed by atoms with Crippen molar-refractivity contribution >= 4 is 157 Å². The van der Waals surface area contributed by atoms with Crippen LogP contribution < -0.4 is 49.6 Å². The average Bonchev–Trinajstić information content (AvgIpc) is 0.913. The zero-order valence-electron chi connectivity index (χ0n) is 61.7. The molecule has 0 bridgehead atoms. The van der Waals surface area contributed by atoms with Crippen molar-refractivity contribution < 1.29 is 9.66 Å². The van der Waals surface area contributed by atoms with Crippen LogP contribution in [0.3, 0.4) is 0 Å². The SMILES string of the molecule is CCCc1cc(=O)[nH]c(SCc2cc(C#N)ccc2Cl)n1.CCCc1cc(=O)[nH]c(SCc2cc(N)ccc2Cl)n1.COc1ccc(Cl)c(CSc2nc(C)cc(=O)[nH]2)c1.Cc1cc(=O)[nH]c(SCc2cc(C#N)ccc2Cl)n1.Nc1ccc(Cl)c(CSc2nccc(=O)[nH]2)c1.O=c1ccnc(SCc2cc([N+](=O)[O-])ccc2Cl)[nH]1. The van der Waals surface area contributed by atoms with Gasteiger partial charge in [-0.25, -0.2) is 29.9 Å². The van der Waals surface area contributed by atoms with Crippen molar-refractivity contribution in [3.05, 3.63) is 328 Å². The first-order chi connectivity index (χ1) is 55.1. The molecule has 26 nitrogen and oxygen atoms in total. The van der Waals surface area contributed by atoms with Gasteiger partial charge < -0.3 is 46.1 Å². The number of nitrogens with two attached hydrogens (primary N) is 2. The van der Waals surface area contributed by atoms with E-state index in [4.69, 9.17) is 96.3 Å². The lowest BCUT2D eigenvalue weighted by atomic mass is 10.1. The standard InChI is InChI=1S/C15H14ClN3OS.C14H16ClN3OS.C13H10ClN3OS.C13H13ClN2O2S.C11H8ClN3O3S.C11H10ClN3OS/c1-2-3-12-7-14(20)19-15(18-12)21-9-11-6-10(8-17)4-5-13(11)16;1-2-3-11-7-13(19)18-14(17-11)20-8-9-6-10(16)4-5-12(9)15;1-8-4-12(18)17-13(16-8)19-7-10-5-9(6-15)2-3-11(10)14;1-8-5-12(17)16-13(15-8)19-7-9-6-10(18-2)3-4-11(9)14;12-9-2-1-8(15(17)18)5-7(9)6-19-11-13-4-3-10(16)14-11;12-9-2-1-8(13)5-7(9)6-17-11-14-4-3-10(16)15-11/h4-7H,2-3,9H2,1H3,(H,18,19,20);4-7H,2-3,8,16H2,1H3,(H,17,18,19);2-5H,7H2,1H3,(H,16,17,18);3-6H,7H2,1-2H3,(H,15,16,17);1-5H,6H2,(H,13,14,16);1-5H,6,13H2,(H,14,15,16). The summed E-state index contributed by atoms with van der Waals surface area (Å²) in [7, 11) is 1.61. The second kappa shape index (κ2) is 47.9. The number of halogens is 6. The van der Waals surface area contributed by atoms with Crippen LogP contribution in [0.1, 0.15) is 94.0 Å². The summed E-state index contributed by atoms with van der Waals surface area (Å²) in [6.07, 6.45) is 6.36. The van der Waals surface area contributed by atoms with Crippen LogP contribution >= 0.6 is 140 Å². The molecule has 596 valence electrons. The number of ether oxygens (including phenoxy) is 1. The molecule has 10 N–H and O–H groups in total. The molecule has 0 atom stereocenters. The number of aromatic amines is 6. The minimum Gasteiger partial charge on any atom is -0.497 e. The number of H-pyrrole nitrogens is 6. The van der Waals surface area contributed by atoms with Gasteiger partial charge in [0.1, 0.15) is 5.75 Å². The van der Waals surface area contributed by atoms with Crippen molar-refractivity contribution in [2.75, 3.05) is 18.6 Å². The first kappa shape index (κ1) is 92.4. The third kappa shape index (κ3) is 32.8. The van der Waals surface area contributed by atoms with Crippen molar-refractivity contribution in [3.63, 3.8) is 0 Å². The second-order valence-corrected chi connectivity index (χ2v) is 31.9. The van der Waals surface area contributed by atoms with Crippen molar-refractivity contribution in [2.45, 2.75) is 119 Å². The van der Waals surface area contributed by atoms with Crippen LogP contribution in [0.15, 0.2) is 218 Å². The first-order valence-electron chi connectivity index (χ1n) is 34.0. The number of aromatic nitrogens is 12. The Morgan fingerprint density at radius 2 is 0.722 bits per heavy atom. The molecule has 0 saturated carbocycles. The predicted molar refractivity (Wildman–Crippen MR) is 464 cm³/mol. The lowest BCUT2D eigenvalue weighted by Gasteiger charge is -2.06. The van der Waals surface area contributed by atoms with Gasteiger partial charge in [-0.15, -0.1) is 0 Å². The lowest BCUT2D eigenvalue weighted by molar-refractivity contribution is -0.384. The third-order valence-corrected chi connectivity index (χ3v) is 22.5. The molecule has 115 heavy (non-hydrogen) atoms. The number of nitrogens with one attached hydrogen (secondary N) is 6. The quantitative estimate of drug-likeness (QED) is 0.00915. The Morgan fingerprint density at radius 1 is 0.409 bits per heavy atom. The molecular formula is C77H71Cl6N17O9S6. The van der Waals surface area contributed by atoms with E-state index in [9.17, 15) is 38.9 Å². The largest absolute Gasteiger partial charge is 0.497 e. The van der Waals surface area contributed by atoms with Gasteiger partial charge in [-0.05, 0) is 157 Å². The average molecular weight is 1780 g/mol. The van der Waals surface area contributed by atoms with Crippen LogP contribution in [0.5, 0.6) is 5.75 Å². The highest BCUT2D eigenvalue weighted by Crippen LogP contribution is 2.33. The second-order valence-electron chi connectivity index (χ2n) is 23.7. The molecule has 0 spiro atoms. The number of nitriles is 2. The number of anilines is 2. The van der Waals surface area contributed by atoms with Gasteiger partial charge in [0.15, 0.2) is 30.9 Å². The van der Waals surface area contributed by atoms with E-state index in [-0.39, 0.29) is 39.0 Å². The number of thioether (sulfide) groups is 6. The molecule has 0 aliphatic heterocycles. The normalized spacial score (nSPS) is 10.4. The highest BCUT2D eigenvalue weighted by atomic mass is 35.5. The Hall–Kier alpha value is -9.78. The highest BCUT2D eigenvalue weighted by Gasteiger charge is 2.14. The number of non-ortho nitro benzene ring substituents is 1. The van der Waals surface area contributed by atoms with Crippen molar-refractivity contribution in [1.82, 2.24) is 59.8 Å². The number of nitro groups is 1. The molecule has 6 heterocycles. The maximum absolute atomic E-state index is 11.6. The van der Waals surface area contributed by atoms with Gasteiger partial charge in [0, 0.05) is 160 Å². The topological polar surface area (TPSA) is 426 Å². The number of hydrogen-bond donors (Lipinski definition) is 8. The van der Waals surface area contributed by atoms with Crippen LogP contribution in [0.2, 0.25) is 30.1 Å². The van der Waals surface area contributed by atoms with E-state index in [2.05, 4.69) is 78.9 Å². The Kier molecular flexibility index (Phi) is 38.5. The molecule has 0 unspecified atom stereocenters. The molecular weight excluding hydrogens is 1710 g/mol. The van der Waals surface area contributed by atoms with Crippen LogP contribution in [0.4, 0.5) is 17.1 Å². The van der Waals surface area contributed by atoms with Crippen LogP contribution in [-0.4, -0.2) is 71.8 Å². The summed E-state index contributed by atoms with van der Waals surface area (Å²) in [5.74, 6) is 4.06. The maximum Gasteiger partial charge on any atom is 0.269 e. The van der Waals surface area contributed by atoms with E-state index in [1.165, 1.54) is 131 Å². The Morgan fingerprint density at radius 3 is 1.07 bits per heavy atom. The summed E-state index contributed by atoms with van der Waals surface area (Å²) >= 11 is 44.7. The fraction of sp³-hybridized carbons (Fsp3) is 0.195. The number of nitro benzene ring substituents is 1. The van der Waals surface area contributed by atoms with Crippen LogP contribution in [-0.2, 0) is 47.4 Å². The van der Waals surface area contributed by atoms with Crippen LogP contribution in [0, 0.1) is 46.6 Å². The van der Waals surface area contributed by atoms with E-state index < -0.39 is 4.92 Å². The van der Waals surface area contributed by atoms with Gasteiger partial charge in [-0.2, -0.15) is 10.5 Å². The number of aryl methyl sites for hydroxylation is 4. The number of nitrogens with zero attached hydrogens (tertiary/aromatic N) is 9. The Bertz CT molecular complexity index is 5810. The van der Waals surface area contributed by atoms with Gasteiger partial charge in [0.2, 0.25) is 0 Å². The summed E-state index contributed by atoms with van der Waals surface area (Å²) in [4.78, 5) is 119. The fourth-order valence-electron chi connectivity index (χ4n) is 9.33. The van der Waals surface area contributed by atoms with E-state index in [0.717, 1.165) is 70.6 Å². The van der Waals surface area contributed by atoms with E-state index in [1.807, 2.05) is 31.2 Å². The molecule has 38 heteroatoms. The van der Waals surface area contributed by atoms with E-state index in [0.29, 0.717) is 135 Å². The van der Waals surface area contributed by atoms with E-state index in [1.54, 1.807) is 93.8 Å². The molecule has 0 aliphatic carbocycles. The van der Waals surface area contributed by atoms with Crippen molar-refractivity contribution in [1.29, 1.82) is 10.5 Å². The molecule has 0 fully saturated rings. The maximum atomic E-state index is 11.6. The van der Waals surface area contributed by atoms with Gasteiger partial charge in [-0.3, -0.25) is 38.9 Å². The summed E-state index contributed by atoms with van der Waals surface area (Å²) in [6.45, 7) is 7.66. The summed E-state index contributed by atoms with van der Waals surface area (Å²) in [5, 5.41) is 35.4. The lowest BCUT2D eigenvalue weighted by Crippen LogP contribution is -2.10.